The minimum Gasteiger partial charge on any atom is -0.496 e. The number of amides is 1. The lowest BCUT2D eigenvalue weighted by Crippen LogP contribution is -2.35. The van der Waals surface area contributed by atoms with Crippen LogP contribution in [-0.4, -0.2) is 46.8 Å². The van der Waals surface area contributed by atoms with E-state index in [0.29, 0.717) is 6.54 Å². The van der Waals surface area contributed by atoms with Crippen molar-refractivity contribution in [2.45, 2.75) is 19.5 Å². The molecule has 1 aromatic carbocycles. The third kappa shape index (κ3) is 4.00. The summed E-state index contributed by atoms with van der Waals surface area (Å²) in [6.45, 7) is 1.92. The molecular formula is C18H22N4O3. The van der Waals surface area contributed by atoms with Gasteiger partial charge in [-0.2, -0.15) is 0 Å². The highest BCUT2D eigenvalue weighted by molar-refractivity contribution is 5.64. The third-order valence-electron chi connectivity index (χ3n) is 4.32. The summed E-state index contributed by atoms with van der Waals surface area (Å²) in [4.78, 5) is 16.4. The molecule has 0 aliphatic carbocycles. The Morgan fingerprint density at radius 3 is 2.80 bits per heavy atom. The molecule has 0 radical (unpaired) electrons. The molecule has 7 heteroatoms. The smallest absolute Gasteiger partial charge is 0.407 e. The van der Waals surface area contributed by atoms with Crippen molar-refractivity contribution in [3.05, 3.63) is 53.3 Å². The van der Waals surface area contributed by atoms with E-state index in [4.69, 9.17) is 9.84 Å². The number of carboxylic acid groups (broad SMARTS) is 1. The molecule has 1 aliphatic rings. The van der Waals surface area contributed by atoms with E-state index in [2.05, 4.69) is 15.4 Å². The number of methoxy groups -OCH3 is 1. The topological polar surface area (TPSA) is 77.9 Å². The molecule has 3 rings (SSSR count). The number of nitrogens with zero attached hydrogens (tertiary/aromatic N) is 3. The highest BCUT2D eigenvalue weighted by Gasteiger charge is 2.20. The first kappa shape index (κ1) is 17.0. The molecule has 0 bridgehead atoms. The molecule has 2 heterocycles. The van der Waals surface area contributed by atoms with Crippen molar-refractivity contribution >= 4 is 11.8 Å². The Hall–Kier alpha value is -2.80. The van der Waals surface area contributed by atoms with Crippen molar-refractivity contribution in [3.8, 4) is 5.75 Å². The number of hydrogen-bond acceptors (Lipinski definition) is 5. The fraction of sp³-hybridized carbons (Fsp3) is 0.333. The van der Waals surface area contributed by atoms with Gasteiger partial charge >= 0.3 is 6.09 Å². The standard InChI is InChI=1S/C18H22N4O3/c1-21(18(23)24)11-15-9-14-12-22(20-16-3-6-19-7-4-16)8-5-13(14)10-17(15)25-2/h3-4,6-7,9-10H,5,8,11-12H2,1-2H3,(H,19,20)(H,23,24). The molecule has 1 aromatic heterocycles. The van der Waals surface area contributed by atoms with Gasteiger partial charge < -0.3 is 20.2 Å². The average molecular weight is 342 g/mol. The van der Waals surface area contributed by atoms with E-state index in [1.54, 1.807) is 26.6 Å². The van der Waals surface area contributed by atoms with Gasteiger partial charge in [-0.15, -0.1) is 0 Å². The van der Waals surface area contributed by atoms with E-state index >= 15 is 0 Å². The summed E-state index contributed by atoms with van der Waals surface area (Å²) in [5.41, 5.74) is 7.68. The van der Waals surface area contributed by atoms with Gasteiger partial charge in [-0.25, -0.2) is 9.80 Å². The molecular weight excluding hydrogens is 320 g/mol. The van der Waals surface area contributed by atoms with Gasteiger partial charge in [-0.05, 0) is 41.8 Å². The van der Waals surface area contributed by atoms with Gasteiger partial charge in [-0.3, -0.25) is 4.98 Å². The molecule has 1 amide bonds. The highest BCUT2D eigenvalue weighted by Crippen LogP contribution is 2.29. The maximum absolute atomic E-state index is 11.1. The van der Waals surface area contributed by atoms with E-state index in [0.717, 1.165) is 36.5 Å². The van der Waals surface area contributed by atoms with Crippen molar-refractivity contribution in [1.82, 2.24) is 14.9 Å². The van der Waals surface area contributed by atoms with Crippen LogP contribution in [0, 0.1) is 0 Å². The number of pyridine rings is 1. The van der Waals surface area contributed by atoms with Crippen molar-refractivity contribution in [1.29, 1.82) is 0 Å². The van der Waals surface area contributed by atoms with Gasteiger partial charge in [-0.1, -0.05) is 0 Å². The molecule has 0 fully saturated rings. The number of rotatable bonds is 5. The van der Waals surface area contributed by atoms with E-state index in [1.165, 1.54) is 16.0 Å². The van der Waals surface area contributed by atoms with E-state index < -0.39 is 6.09 Å². The lowest BCUT2D eigenvalue weighted by Gasteiger charge is -2.31. The molecule has 25 heavy (non-hydrogen) atoms. The predicted octanol–water partition coefficient (Wildman–Crippen LogP) is 2.59. The predicted molar refractivity (Wildman–Crippen MR) is 94.5 cm³/mol. The number of nitrogens with one attached hydrogen (secondary N) is 1. The Balaban J connectivity index is 1.79. The minimum atomic E-state index is -0.958. The Kier molecular flexibility index (Phi) is 5.04. The monoisotopic (exact) mass is 342 g/mol. The Morgan fingerprint density at radius 2 is 2.12 bits per heavy atom. The molecule has 0 unspecified atom stereocenters. The van der Waals surface area contributed by atoms with Crippen LogP contribution in [0.15, 0.2) is 36.7 Å². The van der Waals surface area contributed by atoms with Crippen LogP contribution in [0.5, 0.6) is 5.75 Å². The summed E-state index contributed by atoms with van der Waals surface area (Å²) in [5.74, 6) is 0.738. The van der Waals surface area contributed by atoms with Gasteiger partial charge in [0.15, 0.2) is 0 Å². The SMILES string of the molecule is COc1cc2c(cc1CN(C)C(=O)O)CN(Nc1ccncc1)CC2. The molecule has 0 saturated heterocycles. The zero-order valence-corrected chi connectivity index (χ0v) is 14.4. The largest absolute Gasteiger partial charge is 0.496 e. The maximum atomic E-state index is 11.1. The van der Waals surface area contributed by atoms with Crippen LogP contribution in [-0.2, 0) is 19.5 Å². The fourth-order valence-electron chi connectivity index (χ4n) is 2.98. The normalized spacial score (nSPS) is 13.8. The number of carbonyl (C=O) groups is 1. The van der Waals surface area contributed by atoms with Crippen LogP contribution in [0.1, 0.15) is 16.7 Å². The third-order valence-corrected chi connectivity index (χ3v) is 4.32. The molecule has 0 atom stereocenters. The van der Waals surface area contributed by atoms with Crippen molar-refractivity contribution < 1.29 is 14.6 Å². The molecule has 7 nitrogen and oxygen atoms in total. The number of aromatic nitrogens is 1. The minimum absolute atomic E-state index is 0.295. The van der Waals surface area contributed by atoms with Gasteiger partial charge in [0.25, 0.3) is 0 Å². The molecule has 1 aliphatic heterocycles. The van der Waals surface area contributed by atoms with Crippen LogP contribution in [0.4, 0.5) is 10.5 Å². The summed E-state index contributed by atoms with van der Waals surface area (Å²) in [7, 11) is 3.17. The fourth-order valence-corrected chi connectivity index (χ4v) is 2.98. The zero-order chi connectivity index (χ0) is 17.8. The van der Waals surface area contributed by atoms with Crippen LogP contribution >= 0.6 is 0 Å². The summed E-state index contributed by atoms with van der Waals surface area (Å²) in [6.07, 6.45) is 3.45. The van der Waals surface area contributed by atoms with E-state index in [9.17, 15) is 4.79 Å². The summed E-state index contributed by atoms with van der Waals surface area (Å²) in [5, 5.41) is 11.3. The van der Waals surface area contributed by atoms with Crippen LogP contribution in [0.2, 0.25) is 0 Å². The molecule has 0 saturated carbocycles. The number of hydrazine groups is 1. The molecule has 2 aromatic rings. The van der Waals surface area contributed by atoms with Crippen molar-refractivity contribution in [3.63, 3.8) is 0 Å². The van der Waals surface area contributed by atoms with Crippen molar-refractivity contribution in [2.75, 3.05) is 26.1 Å². The first-order valence-corrected chi connectivity index (χ1v) is 8.11. The number of hydrogen-bond donors (Lipinski definition) is 2. The van der Waals surface area contributed by atoms with Crippen molar-refractivity contribution in [2.24, 2.45) is 0 Å². The Morgan fingerprint density at radius 1 is 1.36 bits per heavy atom. The number of ether oxygens (including phenoxy) is 1. The second-order valence-corrected chi connectivity index (χ2v) is 6.09. The molecule has 132 valence electrons. The second-order valence-electron chi connectivity index (χ2n) is 6.09. The van der Waals surface area contributed by atoms with E-state index in [-0.39, 0.29) is 0 Å². The first-order valence-electron chi connectivity index (χ1n) is 8.11. The van der Waals surface area contributed by atoms with Gasteiger partial charge in [0.1, 0.15) is 5.75 Å². The lowest BCUT2D eigenvalue weighted by atomic mass is 9.97. The van der Waals surface area contributed by atoms with Gasteiger partial charge in [0.2, 0.25) is 0 Å². The summed E-state index contributed by atoms with van der Waals surface area (Å²) >= 11 is 0. The second kappa shape index (κ2) is 7.40. The molecule has 2 N–H and O–H groups in total. The Labute approximate surface area is 146 Å². The lowest BCUT2D eigenvalue weighted by molar-refractivity contribution is 0.153. The van der Waals surface area contributed by atoms with Crippen LogP contribution < -0.4 is 10.2 Å². The zero-order valence-electron chi connectivity index (χ0n) is 14.4. The number of fused-ring (bicyclic) bond motifs is 1. The van der Waals surface area contributed by atoms with Gasteiger partial charge in [0, 0.05) is 38.1 Å². The summed E-state index contributed by atoms with van der Waals surface area (Å²) < 4.78 is 5.46. The quantitative estimate of drug-likeness (QED) is 0.870. The first-order chi connectivity index (χ1) is 12.1. The highest BCUT2D eigenvalue weighted by atomic mass is 16.5. The Bertz CT molecular complexity index is 751. The maximum Gasteiger partial charge on any atom is 0.407 e. The van der Waals surface area contributed by atoms with Crippen LogP contribution in [0.3, 0.4) is 0 Å². The van der Waals surface area contributed by atoms with Gasteiger partial charge in [0.05, 0.1) is 19.3 Å². The number of anilines is 1. The average Bonchev–Trinajstić information content (AvgIpc) is 2.61. The van der Waals surface area contributed by atoms with Crippen LogP contribution in [0.25, 0.3) is 0 Å². The molecule has 0 spiro atoms. The summed E-state index contributed by atoms with van der Waals surface area (Å²) in [6, 6.07) is 7.94. The number of benzene rings is 1. The van der Waals surface area contributed by atoms with E-state index in [1.807, 2.05) is 24.3 Å².